The molecule has 3 heteroatoms. The van der Waals surface area contributed by atoms with Crippen LogP contribution in [-0.2, 0) is 0 Å². The average Bonchev–Trinajstić information content (AvgIpc) is 2.18. The molecule has 2 nitrogen and oxygen atoms in total. The van der Waals surface area contributed by atoms with Gasteiger partial charge in [-0.3, -0.25) is 0 Å². The molecule has 0 saturated carbocycles. The zero-order valence-corrected chi connectivity index (χ0v) is 10.8. The van der Waals surface area contributed by atoms with Crippen LogP contribution in [0, 0.1) is 0 Å². The van der Waals surface area contributed by atoms with Gasteiger partial charge in [-0.1, -0.05) is 27.2 Å². The Morgan fingerprint density at radius 3 is 2.21 bits per heavy atom. The molecule has 2 N–H and O–H groups in total. The molecule has 0 aliphatic carbocycles. The van der Waals surface area contributed by atoms with Crippen molar-refractivity contribution in [3.8, 4) is 0 Å². The van der Waals surface area contributed by atoms with Crippen LogP contribution in [0.5, 0.6) is 0 Å². The summed E-state index contributed by atoms with van der Waals surface area (Å²) in [5.74, 6) is 0. The summed E-state index contributed by atoms with van der Waals surface area (Å²) in [7, 11) is 0. The molecule has 0 aromatic rings. The van der Waals surface area contributed by atoms with Crippen molar-refractivity contribution in [3.05, 3.63) is 0 Å². The van der Waals surface area contributed by atoms with Crippen LogP contribution in [0.3, 0.4) is 0 Å². The number of thiocarbonyl (C=S) groups is 1. The Bertz CT molecular complexity index is 165. The van der Waals surface area contributed by atoms with E-state index in [9.17, 15) is 0 Å². The Labute approximate surface area is 93.8 Å². The number of hydrogen-bond acceptors (Lipinski definition) is 1. The fourth-order valence-electron chi connectivity index (χ4n) is 1.12. The van der Waals surface area contributed by atoms with Gasteiger partial charge in [-0.15, -0.1) is 0 Å². The van der Waals surface area contributed by atoms with E-state index in [-0.39, 0.29) is 5.54 Å². The number of nitrogens with one attached hydrogen (secondary N) is 2. The Hall–Kier alpha value is -0.310. The van der Waals surface area contributed by atoms with Crippen molar-refractivity contribution in [3.63, 3.8) is 0 Å². The van der Waals surface area contributed by atoms with E-state index < -0.39 is 0 Å². The summed E-state index contributed by atoms with van der Waals surface area (Å²) in [6.45, 7) is 9.74. The zero-order valence-electron chi connectivity index (χ0n) is 9.94. The summed E-state index contributed by atoms with van der Waals surface area (Å²) >= 11 is 5.23. The molecule has 84 valence electrons. The molecule has 0 fully saturated rings. The highest BCUT2D eigenvalue weighted by Gasteiger charge is 2.19. The molecule has 0 aliphatic heterocycles. The molecule has 0 amide bonds. The Kier molecular flexibility index (Phi) is 6.89. The molecule has 0 rings (SSSR count). The van der Waals surface area contributed by atoms with Crippen molar-refractivity contribution in [1.29, 1.82) is 0 Å². The van der Waals surface area contributed by atoms with Crippen molar-refractivity contribution >= 4 is 17.3 Å². The average molecular weight is 216 g/mol. The van der Waals surface area contributed by atoms with E-state index in [1.54, 1.807) is 0 Å². The third-order valence-corrected chi connectivity index (χ3v) is 3.04. The first-order valence-corrected chi connectivity index (χ1v) is 6.04. The minimum Gasteiger partial charge on any atom is -0.363 e. The first-order chi connectivity index (χ1) is 6.58. The second-order valence-corrected chi connectivity index (χ2v) is 4.41. The van der Waals surface area contributed by atoms with Crippen LogP contribution < -0.4 is 10.6 Å². The topological polar surface area (TPSA) is 24.1 Å². The smallest absolute Gasteiger partial charge is 0.166 e. The molecule has 0 saturated heterocycles. The summed E-state index contributed by atoms with van der Waals surface area (Å²) < 4.78 is 0. The van der Waals surface area contributed by atoms with Crippen LogP contribution in [0.1, 0.15) is 53.4 Å². The van der Waals surface area contributed by atoms with Gasteiger partial charge in [0.25, 0.3) is 0 Å². The van der Waals surface area contributed by atoms with Crippen LogP contribution >= 0.6 is 12.2 Å². The second-order valence-electron chi connectivity index (χ2n) is 4.00. The van der Waals surface area contributed by atoms with E-state index in [4.69, 9.17) is 12.2 Å². The first kappa shape index (κ1) is 13.7. The highest BCUT2D eigenvalue weighted by molar-refractivity contribution is 7.80. The summed E-state index contributed by atoms with van der Waals surface area (Å²) in [5, 5.41) is 7.40. The molecule has 0 aromatic carbocycles. The predicted octanol–water partition coefficient (Wildman–Crippen LogP) is 2.83. The van der Waals surface area contributed by atoms with Crippen molar-refractivity contribution in [1.82, 2.24) is 10.6 Å². The van der Waals surface area contributed by atoms with Gasteiger partial charge in [0, 0.05) is 12.1 Å². The summed E-state index contributed by atoms with van der Waals surface area (Å²) in [5.41, 5.74) is 0.149. The molecule has 0 spiro atoms. The summed E-state index contributed by atoms with van der Waals surface area (Å²) in [6.07, 6.45) is 4.57. The SMILES string of the molecule is CCCCNC(=S)NC(C)(CC)CC. The van der Waals surface area contributed by atoms with Crippen LogP contribution in [0.25, 0.3) is 0 Å². The van der Waals surface area contributed by atoms with Crippen LogP contribution in [-0.4, -0.2) is 17.2 Å². The molecular weight excluding hydrogens is 192 g/mol. The highest BCUT2D eigenvalue weighted by atomic mass is 32.1. The van der Waals surface area contributed by atoms with Crippen LogP contribution in [0.4, 0.5) is 0 Å². The monoisotopic (exact) mass is 216 g/mol. The van der Waals surface area contributed by atoms with E-state index in [0.717, 1.165) is 24.5 Å². The predicted molar refractivity (Wildman–Crippen MR) is 67.6 cm³/mol. The van der Waals surface area contributed by atoms with Crippen molar-refractivity contribution < 1.29 is 0 Å². The minimum absolute atomic E-state index is 0.149. The molecule has 14 heavy (non-hydrogen) atoms. The molecule has 0 atom stereocenters. The van der Waals surface area contributed by atoms with Gasteiger partial charge in [0.1, 0.15) is 0 Å². The lowest BCUT2D eigenvalue weighted by atomic mass is 9.96. The molecule has 0 bridgehead atoms. The van der Waals surface area contributed by atoms with Crippen molar-refractivity contribution in [2.45, 2.75) is 58.9 Å². The summed E-state index contributed by atoms with van der Waals surface area (Å²) in [4.78, 5) is 0. The van der Waals surface area contributed by atoms with Gasteiger partial charge in [-0.25, -0.2) is 0 Å². The van der Waals surface area contributed by atoms with Gasteiger partial charge in [0.15, 0.2) is 5.11 Å². The van der Waals surface area contributed by atoms with Crippen molar-refractivity contribution in [2.75, 3.05) is 6.54 Å². The maximum Gasteiger partial charge on any atom is 0.166 e. The maximum atomic E-state index is 5.23. The van der Waals surface area contributed by atoms with Gasteiger partial charge in [-0.05, 0) is 38.4 Å². The van der Waals surface area contributed by atoms with Crippen LogP contribution in [0.2, 0.25) is 0 Å². The highest BCUT2D eigenvalue weighted by Crippen LogP contribution is 2.12. The lowest BCUT2D eigenvalue weighted by Gasteiger charge is -2.29. The van der Waals surface area contributed by atoms with Crippen LogP contribution in [0.15, 0.2) is 0 Å². The van der Waals surface area contributed by atoms with E-state index in [0.29, 0.717) is 0 Å². The second kappa shape index (κ2) is 7.04. The van der Waals surface area contributed by atoms with Gasteiger partial charge in [-0.2, -0.15) is 0 Å². The minimum atomic E-state index is 0.149. The van der Waals surface area contributed by atoms with Gasteiger partial charge < -0.3 is 10.6 Å². The fourth-order valence-corrected chi connectivity index (χ4v) is 1.47. The van der Waals surface area contributed by atoms with E-state index in [1.807, 2.05) is 0 Å². The third kappa shape index (κ3) is 5.43. The lowest BCUT2D eigenvalue weighted by Crippen LogP contribution is -2.49. The molecule has 0 aliphatic rings. The number of unbranched alkanes of at least 4 members (excludes halogenated alkanes) is 1. The zero-order chi connectivity index (χ0) is 11.0. The molecule has 0 heterocycles. The molecule has 0 unspecified atom stereocenters. The van der Waals surface area contributed by atoms with E-state index >= 15 is 0 Å². The van der Waals surface area contributed by atoms with Gasteiger partial charge in [0.05, 0.1) is 0 Å². The summed E-state index contributed by atoms with van der Waals surface area (Å²) in [6, 6.07) is 0. The quantitative estimate of drug-likeness (QED) is 0.527. The molecular formula is C11H24N2S. The maximum absolute atomic E-state index is 5.23. The number of rotatable bonds is 6. The standard InChI is InChI=1S/C11H24N2S/c1-5-8-9-12-10(14)13-11(4,6-2)7-3/h5-9H2,1-4H3,(H2,12,13,14). The normalized spacial score (nSPS) is 11.1. The largest absolute Gasteiger partial charge is 0.363 e. The Morgan fingerprint density at radius 2 is 1.79 bits per heavy atom. The first-order valence-electron chi connectivity index (χ1n) is 5.64. The fraction of sp³-hybridized carbons (Fsp3) is 0.909. The van der Waals surface area contributed by atoms with Gasteiger partial charge >= 0.3 is 0 Å². The lowest BCUT2D eigenvalue weighted by molar-refractivity contribution is 0.387. The van der Waals surface area contributed by atoms with Crippen molar-refractivity contribution in [2.24, 2.45) is 0 Å². The molecule has 0 aromatic heterocycles. The van der Waals surface area contributed by atoms with E-state index in [1.165, 1.54) is 12.8 Å². The van der Waals surface area contributed by atoms with E-state index in [2.05, 4.69) is 38.3 Å². The molecule has 0 radical (unpaired) electrons. The Morgan fingerprint density at radius 1 is 1.21 bits per heavy atom. The third-order valence-electron chi connectivity index (χ3n) is 2.79. The Balaban J connectivity index is 3.80. The number of hydrogen-bond donors (Lipinski definition) is 2. The van der Waals surface area contributed by atoms with Gasteiger partial charge in [0.2, 0.25) is 0 Å².